The molecule has 1 aromatic carbocycles. The van der Waals surface area contributed by atoms with E-state index in [1.807, 2.05) is 26.8 Å². The fourth-order valence-electron chi connectivity index (χ4n) is 1.28. The van der Waals surface area contributed by atoms with Crippen LogP contribution in [0.1, 0.15) is 25.0 Å². The van der Waals surface area contributed by atoms with E-state index in [2.05, 4.69) is 0 Å². The number of aryl methyl sites for hydroxylation is 2. The Bertz CT molecular complexity index is 292. The van der Waals surface area contributed by atoms with Crippen LogP contribution in [0.2, 0.25) is 0 Å². The van der Waals surface area contributed by atoms with Gasteiger partial charge in [-0.3, -0.25) is 0 Å². The van der Waals surface area contributed by atoms with E-state index in [9.17, 15) is 5.11 Å². The van der Waals surface area contributed by atoms with Crippen molar-refractivity contribution in [2.45, 2.75) is 27.2 Å². The summed E-state index contributed by atoms with van der Waals surface area (Å²) in [6, 6.07) is 3.66. The number of phenols is 1. The first-order valence-corrected chi connectivity index (χ1v) is 4.64. The monoisotopic (exact) mass is 180 g/mol. The van der Waals surface area contributed by atoms with Crippen LogP contribution in [0.4, 0.5) is 0 Å². The van der Waals surface area contributed by atoms with Crippen LogP contribution in [0.15, 0.2) is 12.1 Å². The SMILES string of the molecule is CCOc1cc(C)c(O)cc1CC. The molecule has 0 fully saturated rings. The molecule has 72 valence electrons. The van der Waals surface area contributed by atoms with Gasteiger partial charge < -0.3 is 9.84 Å². The van der Waals surface area contributed by atoms with E-state index in [1.54, 1.807) is 6.07 Å². The van der Waals surface area contributed by atoms with Gasteiger partial charge in [-0.25, -0.2) is 0 Å². The molecule has 1 aromatic rings. The lowest BCUT2D eigenvalue weighted by molar-refractivity contribution is 0.335. The molecule has 2 nitrogen and oxygen atoms in total. The third-order valence-electron chi connectivity index (χ3n) is 2.06. The van der Waals surface area contributed by atoms with Crippen molar-refractivity contribution in [2.24, 2.45) is 0 Å². The molecule has 0 saturated carbocycles. The maximum atomic E-state index is 9.47. The Balaban J connectivity index is 3.09. The van der Waals surface area contributed by atoms with Gasteiger partial charge in [0.25, 0.3) is 0 Å². The molecule has 0 saturated heterocycles. The van der Waals surface area contributed by atoms with E-state index >= 15 is 0 Å². The van der Waals surface area contributed by atoms with Crippen molar-refractivity contribution in [1.82, 2.24) is 0 Å². The van der Waals surface area contributed by atoms with Gasteiger partial charge in [-0.2, -0.15) is 0 Å². The fourth-order valence-corrected chi connectivity index (χ4v) is 1.28. The Kier molecular flexibility index (Phi) is 3.18. The summed E-state index contributed by atoms with van der Waals surface area (Å²) in [5.41, 5.74) is 1.92. The second kappa shape index (κ2) is 4.17. The van der Waals surface area contributed by atoms with Gasteiger partial charge in [0.05, 0.1) is 6.61 Å². The first-order valence-electron chi connectivity index (χ1n) is 4.64. The smallest absolute Gasteiger partial charge is 0.122 e. The van der Waals surface area contributed by atoms with Crippen LogP contribution in [0.25, 0.3) is 0 Å². The summed E-state index contributed by atoms with van der Waals surface area (Å²) in [7, 11) is 0. The predicted molar refractivity (Wildman–Crippen MR) is 53.4 cm³/mol. The number of hydrogen-bond donors (Lipinski definition) is 1. The number of benzene rings is 1. The second-order valence-electron chi connectivity index (χ2n) is 3.03. The molecule has 0 aliphatic carbocycles. The zero-order valence-electron chi connectivity index (χ0n) is 8.42. The van der Waals surface area contributed by atoms with Crippen LogP contribution < -0.4 is 4.74 Å². The first kappa shape index (κ1) is 9.90. The lowest BCUT2D eigenvalue weighted by atomic mass is 10.1. The van der Waals surface area contributed by atoms with Crippen molar-refractivity contribution < 1.29 is 9.84 Å². The number of ether oxygens (including phenoxy) is 1. The summed E-state index contributed by atoms with van der Waals surface area (Å²) in [4.78, 5) is 0. The molecule has 2 heteroatoms. The highest BCUT2D eigenvalue weighted by molar-refractivity contribution is 5.45. The Labute approximate surface area is 79.2 Å². The molecule has 1 rings (SSSR count). The average Bonchev–Trinajstić information content (AvgIpc) is 2.11. The fraction of sp³-hybridized carbons (Fsp3) is 0.455. The molecule has 0 spiro atoms. The third kappa shape index (κ3) is 2.14. The molecule has 0 atom stereocenters. The highest BCUT2D eigenvalue weighted by Gasteiger charge is 2.05. The molecule has 0 aromatic heterocycles. The Morgan fingerprint density at radius 3 is 2.54 bits per heavy atom. The molecule has 1 N–H and O–H groups in total. The van der Waals surface area contributed by atoms with Crippen molar-refractivity contribution >= 4 is 0 Å². The van der Waals surface area contributed by atoms with Gasteiger partial charge in [-0.05, 0) is 43.5 Å². The summed E-state index contributed by atoms with van der Waals surface area (Å²) in [6.07, 6.45) is 0.878. The summed E-state index contributed by atoms with van der Waals surface area (Å²) < 4.78 is 5.45. The van der Waals surface area contributed by atoms with E-state index in [4.69, 9.17) is 4.74 Å². The van der Waals surface area contributed by atoms with Gasteiger partial charge in [0.15, 0.2) is 0 Å². The van der Waals surface area contributed by atoms with Gasteiger partial charge in [0.1, 0.15) is 11.5 Å². The van der Waals surface area contributed by atoms with Crippen molar-refractivity contribution in [3.8, 4) is 11.5 Å². The normalized spacial score (nSPS) is 10.1. The van der Waals surface area contributed by atoms with Crippen molar-refractivity contribution in [1.29, 1.82) is 0 Å². The summed E-state index contributed by atoms with van der Waals surface area (Å²) in [5.74, 6) is 1.24. The topological polar surface area (TPSA) is 29.5 Å². The molecule has 13 heavy (non-hydrogen) atoms. The molecular weight excluding hydrogens is 164 g/mol. The predicted octanol–water partition coefficient (Wildman–Crippen LogP) is 2.66. The van der Waals surface area contributed by atoms with Crippen LogP contribution in [0.3, 0.4) is 0 Å². The zero-order valence-corrected chi connectivity index (χ0v) is 8.42. The minimum Gasteiger partial charge on any atom is -0.508 e. The summed E-state index contributed by atoms with van der Waals surface area (Å²) in [5, 5.41) is 9.47. The van der Waals surface area contributed by atoms with Crippen LogP contribution in [-0.4, -0.2) is 11.7 Å². The molecule has 0 aliphatic heterocycles. The quantitative estimate of drug-likeness (QED) is 0.774. The summed E-state index contributed by atoms with van der Waals surface area (Å²) >= 11 is 0. The van der Waals surface area contributed by atoms with E-state index < -0.39 is 0 Å². The maximum Gasteiger partial charge on any atom is 0.122 e. The van der Waals surface area contributed by atoms with Crippen molar-refractivity contribution in [2.75, 3.05) is 6.61 Å². The van der Waals surface area contributed by atoms with E-state index in [1.165, 1.54) is 0 Å². The van der Waals surface area contributed by atoms with Gasteiger partial charge in [-0.15, -0.1) is 0 Å². The van der Waals surface area contributed by atoms with Gasteiger partial charge >= 0.3 is 0 Å². The highest BCUT2D eigenvalue weighted by Crippen LogP contribution is 2.27. The minimum absolute atomic E-state index is 0.348. The molecule has 0 radical (unpaired) electrons. The number of rotatable bonds is 3. The van der Waals surface area contributed by atoms with E-state index in [0.29, 0.717) is 12.4 Å². The average molecular weight is 180 g/mol. The second-order valence-corrected chi connectivity index (χ2v) is 3.03. The number of phenolic OH excluding ortho intramolecular Hbond substituents is 1. The zero-order chi connectivity index (χ0) is 9.84. The molecular formula is C11H16O2. The van der Waals surface area contributed by atoms with Crippen molar-refractivity contribution in [3.05, 3.63) is 23.3 Å². The molecule has 0 bridgehead atoms. The molecule has 0 aliphatic rings. The lowest BCUT2D eigenvalue weighted by Gasteiger charge is -2.10. The minimum atomic E-state index is 0.348. The highest BCUT2D eigenvalue weighted by atomic mass is 16.5. The Morgan fingerprint density at radius 2 is 2.00 bits per heavy atom. The van der Waals surface area contributed by atoms with E-state index in [0.717, 1.165) is 23.3 Å². The maximum absolute atomic E-state index is 9.47. The lowest BCUT2D eigenvalue weighted by Crippen LogP contribution is -1.96. The Morgan fingerprint density at radius 1 is 1.31 bits per heavy atom. The van der Waals surface area contributed by atoms with Crippen LogP contribution in [-0.2, 0) is 6.42 Å². The summed E-state index contributed by atoms with van der Waals surface area (Å²) in [6.45, 7) is 6.54. The molecule has 0 unspecified atom stereocenters. The van der Waals surface area contributed by atoms with Crippen LogP contribution >= 0.6 is 0 Å². The first-order chi connectivity index (χ1) is 6.19. The van der Waals surface area contributed by atoms with Crippen LogP contribution in [0, 0.1) is 6.92 Å². The van der Waals surface area contributed by atoms with Crippen molar-refractivity contribution in [3.63, 3.8) is 0 Å². The number of aromatic hydroxyl groups is 1. The van der Waals surface area contributed by atoms with E-state index in [-0.39, 0.29) is 0 Å². The molecule has 0 heterocycles. The van der Waals surface area contributed by atoms with Gasteiger partial charge in [-0.1, -0.05) is 6.92 Å². The van der Waals surface area contributed by atoms with Gasteiger partial charge in [0.2, 0.25) is 0 Å². The van der Waals surface area contributed by atoms with Gasteiger partial charge in [0, 0.05) is 0 Å². The standard InChI is InChI=1S/C11H16O2/c1-4-9-7-10(12)8(3)6-11(9)13-5-2/h6-7,12H,4-5H2,1-3H3. The van der Waals surface area contributed by atoms with Crippen LogP contribution in [0.5, 0.6) is 11.5 Å². The Hall–Kier alpha value is -1.18. The number of hydrogen-bond acceptors (Lipinski definition) is 2. The largest absolute Gasteiger partial charge is 0.508 e. The third-order valence-corrected chi connectivity index (χ3v) is 2.06. The molecule has 0 amide bonds.